The van der Waals surface area contributed by atoms with E-state index in [0.29, 0.717) is 0 Å². The Hall–Kier alpha value is -4.24. The average Bonchev–Trinajstić information content (AvgIpc) is 3.58. The first-order valence-electron chi connectivity index (χ1n) is 14.8. The molecule has 0 amide bonds. The predicted molar refractivity (Wildman–Crippen MR) is 179 cm³/mol. The zero-order valence-corrected chi connectivity index (χ0v) is 25.4. The fourth-order valence-electron chi connectivity index (χ4n) is 6.74. The molecule has 42 heavy (non-hydrogen) atoms. The highest BCUT2D eigenvalue weighted by Crippen LogP contribution is 2.52. The Bertz CT molecular complexity index is 1680. The lowest BCUT2D eigenvalue weighted by Gasteiger charge is -2.36. The lowest BCUT2D eigenvalue weighted by molar-refractivity contribution is 0.362. The molecule has 214 valence electrons. The van der Waals surface area contributed by atoms with E-state index in [1.54, 1.807) is 12.1 Å². The number of aryl methyl sites for hydroxylation is 1. The number of benzene rings is 3. The summed E-state index contributed by atoms with van der Waals surface area (Å²) in [5.74, 6) is -0.0539. The molecule has 3 unspecified atom stereocenters. The molecule has 0 saturated heterocycles. The SMILES string of the molecule is C=CC1(/C=C/C)\C(=C/C=C/C=C/C(C)C(C)(CC2=CCC=N2)c2cc(F)ccc2C)N(C)c2ccc3ccccc3c21. The van der Waals surface area contributed by atoms with Gasteiger partial charge in [-0.25, -0.2) is 4.39 Å². The number of likely N-dealkylation sites (N-methyl/N-ethyl adjacent to an activating group) is 1. The zero-order chi connectivity index (χ0) is 29.9. The summed E-state index contributed by atoms with van der Waals surface area (Å²) in [6, 6.07) is 18.1. The molecule has 3 atom stereocenters. The molecule has 3 aromatic rings. The molecule has 0 fully saturated rings. The van der Waals surface area contributed by atoms with Crippen molar-refractivity contribution in [1.29, 1.82) is 0 Å². The van der Waals surface area contributed by atoms with Gasteiger partial charge in [0.25, 0.3) is 0 Å². The number of anilines is 1. The summed E-state index contributed by atoms with van der Waals surface area (Å²) in [5, 5.41) is 2.47. The number of halogens is 1. The summed E-state index contributed by atoms with van der Waals surface area (Å²) >= 11 is 0. The number of hydrogen-bond acceptors (Lipinski definition) is 2. The van der Waals surface area contributed by atoms with Crippen molar-refractivity contribution in [1.82, 2.24) is 0 Å². The van der Waals surface area contributed by atoms with Crippen LogP contribution >= 0.6 is 0 Å². The number of rotatable bonds is 9. The van der Waals surface area contributed by atoms with Crippen molar-refractivity contribution in [3.63, 3.8) is 0 Å². The molecule has 0 aromatic heterocycles. The van der Waals surface area contributed by atoms with Gasteiger partial charge in [0, 0.05) is 47.7 Å². The van der Waals surface area contributed by atoms with Gasteiger partial charge in [0.15, 0.2) is 0 Å². The summed E-state index contributed by atoms with van der Waals surface area (Å²) in [6.45, 7) is 12.9. The van der Waals surface area contributed by atoms with Gasteiger partial charge in [-0.15, -0.1) is 6.58 Å². The van der Waals surface area contributed by atoms with Crippen molar-refractivity contribution in [2.24, 2.45) is 10.9 Å². The van der Waals surface area contributed by atoms with Crippen LogP contribution in [0, 0.1) is 18.7 Å². The first-order valence-corrected chi connectivity index (χ1v) is 14.8. The minimum Gasteiger partial charge on any atom is -0.346 e. The van der Waals surface area contributed by atoms with E-state index in [9.17, 15) is 4.39 Å². The van der Waals surface area contributed by atoms with E-state index in [4.69, 9.17) is 0 Å². The first kappa shape index (κ1) is 29.3. The van der Waals surface area contributed by atoms with Crippen LogP contribution in [-0.4, -0.2) is 13.3 Å². The lowest BCUT2D eigenvalue weighted by atomic mass is 9.68. The van der Waals surface area contributed by atoms with Crippen LogP contribution in [-0.2, 0) is 10.8 Å². The number of nitrogens with zero attached hydrogens (tertiary/aromatic N) is 2. The summed E-state index contributed by atoms with van der Waals surface area (Å²) < 4.78 is 14.4. The predicted octanol–water partition coefficient (Wildman–Crippen LogP) is 10.1. The maximum atomic E-state index is 14.4. The fourth-order valence-corrected chi connectivity index (χ4v) is 6.74. The molecule has 2 aliphatic heterocycles. The second-order valence-electron chi connectivity index (χ2n) is 11.7. The van der Waals surface area contributed by atoms with Gasteiger partial charge in [0.2, 0.25) is 0 Å². The van der Waals surface area contributed by atoms with Crippen LogP contribution in [0.15, 0.2) is 132 Å². The van der Waals surface area contributed by atoms with Crippen molar-refractivity contribution in [2.45, 2.75) is 51.4 Å². The summed E-state index contributed by atoms with van der Waals surface area (Å²) in [5.41, 5.74) is 6.10. The number of hydrogen-bond donors (Lipinski definition) is 0. The van der Waals surface area contributed by atoms with Gasteiger partial charge in [-0.2, -0.15) is 0 Å². The monoisotopic (exact) mass is 556 g/mol. The van der Waals surface area contributed by atoms with Crippen LogP contribution in [0.3, 0.4) is 0 Å². The van der Waals surface area contributed by atoms with Crippen molar-refractivity contribution < 1.29 is 4.39 Å². The smallest absolute Gasteiger partial charge is 0.123 e. The molecule has 3 aromatic carbocycles. The molecule has 5 rings (SSSR count). The molecule has 3 heteroatoms. The highest BCUT2D eigenvalue weighted by molar-refractivity contribution is 5.96. The van der Waals surface area contributed by atoms with Crippen molar-refractivity contribution in [3.8, 4) is 0 Å². The molecular weight excluding hydrogens is 515 g/mol. The van der Waals surface area contributed by atoms with Crippen LogP contribution in [0.1, 0.15) is 50.3 Å². The van der Waals surface area contributed by atoms with Gasteiger partial charge < -0.3 is 4.90 Å². The molecular formula is C39H41FN2. The third-order valence-electron chi connectivity index (χ3n) is 9.18. The fraction of sp³-hybridized carbons (Fsp3) is 0.256. The molecule has 0 bridgehead atoms. The Kier molecular flexibility index (Phi) is 8.31. The van der Waals surface area contributed by atoms with Crippen LogP contribution in [0.5, 0.6) is 0 Å². The first-order chi connectivity index (χ1) is 20.2. The minimum absolute atomic E-state index is 0.145. The normalized spacial score (nSPS) is 21.6. The largest absolute Gasteiger partial charge is 0.346 e. The molecule has 2 aliphatic rings. The van der Waals surface area contributed by atoms with E-state index < -0.39 is 5.41 Å². The Morgan fingerprint density at radius 3 is 2.67 bits per heavy atom. The molecule has 2 nitrogen and oxygen atoms in total. The molecule has 0 aliphatic carbocycles. The summed E-state index contributed by atoms with van der Waals surface area (Å²) in [7, 11) is 2.13. The van der Waals surface area contributed by atoms with Gasteiger partial charge in [-0.05, 0) is 72.4 Å². The molecule has 0 saturated carbocycles. The van der Waals surface area contributed by atoms with Gasteiger partial charge >= 0.3 is 0 Å². The van der Waals surface area contributed by atoms with Crippen LogP contribution in [0.25, 0.3) is 10.8 Å². The second-order valence-corrected chi connectivity index (χ2v) is 11.7. The average molecular weight is 557 g/mol. The van der Waals surface area contributed by atoms with Crippen LogP contribution < -0.4 is 4.90 Å². The van der Waals surface area contributed by atoms with Gasteiger partial charge in [0.05, 0.1) is 5.41 Å². The highest BCUT2D eigenvalue weighted by Gasteiger charge is 2.43. The standard InChI is InChI=1S/C39H41FN2/c1-7-24-39(8-2)36(42(6)35-23-21-30-16-12-13-18-33(30)37(35)39)19-11-9-10-15-29(4)38(5,27-32-17-14-25-41-32)34-26-31(40)22-20-28(34)3/h7-13,15-26,29H,2,14,27H2,1,3-6H3/b11-9+,15-10+,24-7+,36-19+. The molecule has 0 radical (unpaired) electrons. The van der Waals surface area contributed by atoms with E-state index in [2.05, 4.69) is 142 Å². The Labute approximate surface area is 250 Å². The molecule has 0 N–H and O–H groups in total. The van der Waals surface area contributed by atoms with E-state index >= 15 is 0 Å². The zero-order valence-electron chi connectivity index (χ0n) is 25.4. The van der Waals surface area contributed by atoms with Crippen molar-refractivity contribution in [3.05, 3.63) is 150 Å². The van der Waals surface area contributed by atoms with E-state index in [1.165, 1.54) is 22.0 Å². The summed E-state index contributed by atoms with van der Waals surface area (Å²) in [6.07, 6.45) is 22.9. The second kappa shape index (κ2) is 11.9. The Balaban J connectivity index is 1.47. The number of fused-ring (bicyclic) bond motifs is 3. The third-order valence-corrected chi connectivity index (χ3v) is 9.18. The van der Waals surface area contributed by atoms with E-state index in [-0.39, 0.29) is 17.2 Å². The quantitative estimate of drug-likeness (QED) is 0.189. The summed E-state index contributed by atoms with van der Waals surface area (Å²) in [4.78, 5) is 6.87. The maximum Gasteiger partial charge on any atom is 0.123 e. The Morgan fingerprint density at radius 1 is 1.12 bits per heavy atom. The van der Waals surface area contributed by atoms with Gasteiger partial charge in [-0.3, -0.25) is 4.99 Å². The van der Waals surface area contributed by atoms with Crippen LogP contribution in [0.2, 0.25) is 0 Å². The van der Waals surface area contributed by atoms with Crippen molar-refractivity contribution >= 4 is 22.7 Å². The third kappa shape index (κ3) is 5.13. The van der Waals surface area contributed by atoms with E-state index in [0.717, 1.165) is 35.4 Å². The van der Waals surface area contributed by atoms with Crippen molar-refractivity contribution in [2.75, 3.05) is 11.9 Å². The van der Waals surface area contributed by atoms with Gasteiger partial charge in [0.1, 0.15) is 5.82 Å². The van der Waals surface area contributed by atoms with Gasteiger partial charge in [-0.1, -0.05) is 98.9 Å². The van der Waals surface area contributed by atoms with E-state index in [1.807, 2.05) is 12.3 Å². The highest BCUT2D eigenvalue weighted by atomic mass is 19.1. The topological polar surface area (TPSA) is 15.6 Å². The molecule has 0 spiro atoms. The molecule has 2 heterocycles. The number of aliphatic imine (C=N–C) groups is 1. The lowest BCUT2D eigenvalue weighted by Crippen LogP contribution is -2.31. The number of allylic oxidation sites excluding steroid dienone is 9. The minimum atomic E-state index is -0.427. The Morgan fingerprint density at radius 2 is 1.93 bits per heavy atom. The van der Waals surface area contributed by atoms with Crippen LogP contribution in [0.4, 0.5) is 10.1 Å². The maximum absolute atomic E-state index is 14.4.